The highest BCUT2D eigenvalue weighted by molar-refractivity contribution is 4.80. The van der Waals surface area contributed by atoms with E-state index >= 15 is 0 Å². The molecular formula is C11H19NO6. The van der Waals surface area contributed by atoms with Crippen LogP contribution in [-0.4, -0.2) is 60.7 Å². The highest BCUT2D eigenvalue weighted by Gasteiger charge is 2.33. The van der Waals surface area contributed by atoms with Crippen LogP contribution < -0.4 is 0 Å². The Morgan fingerprint density at radius 3 is 2.78 bits per heavy atom. The molecule has 2 N–H and O–H groups in total. The van der Waals surface area contributed by atoms with Crippen molar-refractivity contribution in [2.45, 2.75) is 49.9 Å². The molecule has 0 aromatic carbocycles. The predicted molar refractivity (Wildman–Crippen MR) is 60.9 cm³/mol. The second-order valence-electron chi connectivity index (χ2n) is 4.79. The molecule has 0 bridgehead atoms. The van der Waals surface area contributed by atoms with Crippen LogP contribution in [0.3, 0.4) is 0 Å². The van der Waals surface area contributed by atoms with Crippen LogP contribution in [0, 0.1) is 4.91 Å². The fraction of sp³-hybridized carbons (Fsp3) is 1.00. The number of hydrogen-bond acceptors (Lipinski definition) is 7. The molecule has 5 atom stereocenters. The maximum absolute atomic E-state index is 10.6. The number of nitrogens with zero attached hydrogens (tertiary/aromatic N) is 1. The summed E-state index contributed by atoms with van der Waals surface area (Å²) >= 11 is 0. The molecular weight excluding hydrogens is 242 g/mol. The number of rotatable bonds is 4. The van der Waals surface area contributed by atoms with Crippen molar-refractivity contribution in [1.29, 1.82) is 0 Å². The van der Waals surface area contributed by atoms with Gasteiger partial charge < -0.3 is 24.4 Å². The topological polar surface area (TPSA) is 97.6 Å². The van der Waals surface area contributed by atoms with Crippen molar-refractivity contribution in [3.8, 4) is 0 Å². The maximum Gasteiger partial charge on any atom is 0.160 e. The zero-order valence-electron chi connectivity index (χ0n) is 10.1. The average Bonchev–Trinajstić information content (AvgIpc) is 2.38. The second kappa shape index (κ2) is 6.53. The van der Waals surface area contributed by atoms with E-state index in [2.05, 4.69) is 5.18 Å². The van der Waals surface area contributed by atoms with Crippen LogP contribution in [0.2, 0.25) is 0 Å². The molecule has 0 radical (unpaired) electrons. The molecule has 2 heterocycles. The van der Waals surface area contributed by atoms with Crippen LogP contribution in [0.15, 0.2) is 5.18 Å². The molecule has 0 saturated carbocycles. The van der Waals surface area contributed by atoms with Gasteiger partial charge in [0.1, 0.15) is 0 Å². The molecule has 2 rings (SSSR count). The Morgan fingerprint density at radius 2 is 2.11 bits per heavy atom. The van der Waals surface area contributed by atoms with Crippen LogP contribution in [0.5, 0.6) is 0 Å². The van der Waals surface area contributed by atoms with Gasteiger partial charge in [-0.25, -0.2) is 0 Å². The van der Waals surface area contributed by atoms with Gasteiger partial charge >= 0.3 is 0 Å². The van der Waals surface area contributed by atoms with E-state index in [0.717, 1.165) is 0 Å². The van der Waals surface area contributed by atoms with Crippen LogP contribution in [-0.2, 0) is 14.2 Å². The Labute approximate surface area is 105 Å². The normalized spacial score (nSPS) is 41.6. The van der Waals surface area contributed by atoms with Gasteiger partial charge in [-0.1, -0.05) is 5.18 Å². The highest BCUT2D eigenvalue weighted by atomic mass is 16.7. The van der Waals surface area contributed by atoms with E-state index in [1.54, 1.807) is 0 Å². The second-order valence-corrected chi connectivity index (χ2v) is 4.79. The lowest BCUT2D eigenvalue weighted by Crippen LogP contribution is -2.43. The minimum absolute atomic E-state index is 0.157. The lowest BCUT2D eigenvalue weighted by Gasteiger charge is -2.35. The van der Waals surface area contributed by atoms with E-state index in [9.17, 15) is 10.0 Å². The molecule has 0 amide bonds. The Morgan fingerprint density at radius 1 is 1.28 bits per heavy atom. The third-order valence-electron chi connectivity index (χ3n) is 3.19. The molecule has 0 unspecified atom stereocenters. The van der Waals surface area contributed by atoms with Gasteiger partial charge in [-0.3, -0.25) is 0 Å². The van der Waals surface area contributed by atoms with Gasteiger partial charge in [0.2, 0.25) is 0 Å². The monoisotopic (exact) mass is 261 g/mol. The van der Waals surface area contributed by atoms with Gasteiger partial charge in [0.05, 0.1) is 44.2 Å². The highest BCUT2D eigenvalue weighted by Crippen LogP contribution is 2.25. The van der Waals surface area contributed by atoms with Gasteiger partial charge in [-0.05, 0) is 0 Å². The first-order valence-corrected chi connectivity index (χ1v) is 6.21. The number of hydrogen-bond donors (Lipinski definition) is 2. The number of aliphatic hydroxyl groups is 2. The van der Waals surface area contributed by atoms with E-state index in [1.165, 1.54) is 0 Å². The van der Waals surface area contributed by atoms with E-state index < -0.39 is 24.5 Å². The predicted octanol–water partition coefficient (Wildman–Crippen LogP) is -0.215. The molecule has 0 spiro atoms. The van der Waals surface area contributed by atoms with E-state index in [0.29, 0.717) is 32.5 Å². The minimum Gasteiger partial charge on any atom is -0.394 e. The Hall–Kier alpha value is -0.600. The molecule has 2 fully saturated rings. The minimum atomic E-state index is -0.572. The fourth-order valence-corrected chi connectivity index (χ4v) is 2.32. The molecule has 2 saturated heterocycles. The number of aliphatic hydroxyl groups excluding tert-OH is 2. The lowest BCUT2D eigenvalue weighted by molar-refractivity contribution is -0.242. The smallest absolute Gasteiger partial charge is 0.160 e. The van der Waals surface area contributed by atoms with Gasteiger partial charge in [0, 0.05) is 19.3 Å². The van der Waals surface area contributed by atoms with Crippen molar-refractivity contribution in [1.82, 2.24) is 0 Å². The summed E-state index contributed by atoms with van der Waals surface area (Å²) in [5.74, 6) is 0. The van der Waals surface area contributed by atoms with Gasteiger partial charge in [0.25, 0.3) is 0 Å². The largest absolute Gasteiger partial charge is 0.394 e. The summed E-state index contributed by atoms with van der Waals surface area (Å²) in [6, 6.07) is -0.393. The first-order chi connectivity index (χ1) is 8.71. The van der Waals surface area contributed by atoms with Gasteiger partial charge in [-0.2, -0.15) is 4.91 Å². The summed E-state index contributed by atoms with van der Waals surface area (Å²) < 4.78 is 16.3. The van der Waals surface area contributed by atoms with Crippen molar-refractivity contribution in [3.05, 3.63) is 4.91 Å². The summed E-state index contributed by atoms with van der Waals surface area (Å²) in [5.41, 5.74) is 0. The lowest BCUT2D eigenvalue weighted by atomic mass is 10.0. The summed E-state index contributed by atoms with van der Waals surface area (Å²) in [7, 11) is 0. The molecule has 18 heavy (non-hydrogen) atoms. The van der Waals surface area contributed by atoms with Gasteiger partial charge in [-0.15, -0.1) is 0 Å². The quantitative estimate of drug-likeness (QED) is 0.679. The molecule has 2 aliphatic heterocycles. The van der Waals surface area contributed by atoms with Crippen molar-refractivity contribution in [2.75, 3.05) is 19.8 Å². The molecule has 0 aromatic heterocycles. The first kappa shape index (κ1) is 13.8. The van der Waals surface area contributed by atoms with Crippen LogP contribution >= 0.6 is 0 Å². The molecule has 0 aromatic rings. The summed E-state index contributed by atoms with van der Waals surface area (Å²) in [6.07, 6.45) is -0.470. The van der Waals surface area contributed by atoms with E-state index in [1.807, 2.05) is 0 Å². The summed E-state index contributed by atoms with van der Waals surface area (Å²) in [4.78, 5) is 10.6. The average molecular weight is 261 g/mol. The van der Waals surface area contributed by atoms with Crippen LogP contribution in [0.1, 0.15) is 19.3 Å². The standard InChI is InChI=1S/C11H19NO6/c13-4-9-1-7(12-15)2-11(17-9)18-10-3-8(14)5-16-6-10/h7-11,13-14H,1-6H2/t7-,8+,9-,10-,11-/m1/s1. The van der Waals surface area contributed by atoms with Gasteiger partial charge in [0.15, 0.2) is 6.29 Å². The zero-order valence-corrected chi connectivity index (χ0v) is 10.1. The maximum atomic E-state index is 10.6. The van der Waals surface area contributed by atoms with Crippen LogP contribution in [0.25, 0.3) is 0 Å². The summed E-state index contributed by atoms with van der Waals surface area (Å²) in [6.45, 7) is 0.568. The van der Waals surface area contributed by atoms with Crippen molar-refractivity contribution in [2.24, 2.45) is 5.18 Å². The molecule has 7 heteroatoms. The van der Waals surface area contributed by atoms with Crippen LogP contribution in [0.4, 0.5) is 0 Å². The van der Waals surface area contributed by atoms with Crippen molar-refractivity contribution in [3.63, 3.8) is 0 Å². The fourth-order valence-electron chi connectivity index (χ4n) is 2.32. The Bertz CT molecular complexity index is 276. The van der Waals surface area contributed by atoms with E-state index in [4.69, 9.17) is 19.3 Å². The SMILES string of the molecule is O=N[C@@H]1C[C@H](CO)O[C@H](O[C@H]2COC[C@@H](O)C2)C1. The molecule has 104 valence electrons. The molecule has 7 nitrogen and oxygen atoms in total. The van der Waals surface area contributed by atoms with E-state index in [-0.39, 0.29) is 12.7 Å². The first-order valence-electron chi connectivity index (χ1n) is 6.21. The number of ether oxygens (including phenoxy) is 3. The van der Waals surface area contributed by atoms with Crippen molar-refractivity contribution < 1.29 is 24.4 Å². The molecule has 0 aliphatic carbocycles. The molecule has 2 aliphatic rings. The Kier molecular flexibility index (Phi) is 5.02. The Balaban J connectivity index is 1.85. The third kappa shape index (κ3) is 3.69. The zero-order chi connectivity index (χ0) is 13.0. The van der Waals surface area contributed by atoms with Crippen molar-refractivity contribution >= 4 is 0 Å². The third-order valence-corrected chi connectivity index (χ3v) is 3.19. The summed E-state index contributed by atoms with van der Waals surface area (Å²) in [5, 5.41) is 21.5. The number of nitroso groups, excluding NO2 is 1.